The lowest BCUT2D eigenvalue weighted by molar-refractivity contribution is -0.137. The molecule has 4 aliphatic carbocycles. The number of pyridine rings is 8. The Morgan fingerprint density at radius 3 is 1.03 bits per heavy atom. The summed E-state index contributed by atoms with van der Waals surface area (Å²) in [6.07, 6.45) is 21.0. The van der Waals surface area contributed by atoms with Crippen LogP contribution in [0.2, 0.25) is 0 Å². The first-order chi connectivity index (χ1) is 72.0. The van der Waals surface area contributed by atoms with E-state index in [0.29, 0.717) is 135 Å². The van der Waals surface area contributed by atoms with Crippen molar-refractivity contribution in [3.05, 3.63) is 298 Å². The number of nitrogens with one attached hydrogen (secondary N) is 8. The van der Waals surface area contributed by atoms with Gasteiger partial charge < -0.3 is 52.2 Å². The van der Waals surface area contributed by atoms with Crippen LogP contribution in [-0.4, -0.2) is 150 Å². The minimum atomic E-state index is -4.64. The predicted octanol–water partition coefficient (Wildman–Crippen LogP) is 19.6. The van der Waals surface area contributed by atoms with Gasteiger partial charge in [0.15, 0.2) is 0 Å². The van der Waals surface area contributed by atoms with Crippen LogP contribution < -0.4 is 69.7 Å². The Morgan fingerprint density at radius 2 is 0.676 bits per heavy atom. The molecule has 4 aromatic carbocycles. The maximum absolute atomic E-state index is 14.9. The zero-order valence-corrected chi connectivity index (χ0v) is 82.3. The van der Waals surface area contributed by atoms with Crippen LogP contribution in [0, 0.1) is 23.3 Å². The molecule has 8 fully saturated rings. The Balaban J connectivity index is 0.000000116. The lowest BCUT2D eigenvalue weighted by Gasteiger charge is -2.29. The minimum Gasteiger partial charge on any atom is -0.371 e. The number of piperazine rings is 1. The third kappa shape index (κ3) is 21.9. The normalized spacial score (nSPS) is 17.0. The van der Waals surface area contributed by atoms with Gasteiger partial charge in [-0.15, -0.1) is 0 Å². The fourth-order valence-corrected chi connectivity index (χ4v) is 19.9. The number of rotatable bonds is 24. The van der Waals surface area contributed by atoms with Gasteiger partial charge in [-0.2, -0.15) is 33.1 Å². The number of morpholine rings is 1. The van der Waals surface area contributed by atoms with Gasteiger partial charge in [-0.1, -0.05) is 36.4 Å². The van der Waals surface area contributed by atoms with Crippen molar-refractivity contribution >= 4 is 96.4 Å². The van der Waals surface area contributed by atoms with Gasteiger partial charge in [0.05, 0.1) is 51.9 Å². The first kappa shape index (κ1) is 98.9. The SMILES string of the molecule is CCn1c(=O)c(-c2ncc(C3CC3)cc2C(F)(F)F)cc2cnc(Nc3ccc(C4CCCNC4)cc3)nc21.CCn1c(=O)c(-c2ncc(C3CC3)cc2F)cc2cnc(Nc3ccc(C4CCNCC4)cc3)nc21.CCn1c(=O)c(-c2ncc(C3CC3)cc2F)cc2cnc(Nc3ccc(C4CNCCO4)cc3)nc21.CCn1c(=O)c(-c2ncc(C3CC3)cc2F)cc2cnc(Nc3ccc(N4CCNCC4)c(F)c3)nc21. The summed E-state index contributed by atoms with van der Waals surface area (Å²) < 4.78 is 113. The van der Waals surface area contributed by atoms with E-state index in [1.165, 1.54) is 67.6 Å². The molecule has 30 nitrogen and oxygen atoms in total. The van der Waals surface area contributed by atoms with E-state index in [0.717, 1.165) is 188 Å². The van der Waals surface area contributed by atoms with E-state index >= 15 is 0 Å². The highest BCUT2D eigenvalue weighted by atomic mass is 19.4. The number of halogens is 7. The molecule has 760 valence electrons. The van der Waals surface area contributed by atoms with Crippen molar-refractivity contribution in [2.45, 2.75) is 179 Å². The van der Waals surface area contributed by atoms with Crippen LogP contribution in [0.25, 0.3) is 89.2 Å². The number of piperidine rings is 2. The largest absolute Gasteiger partial charge is 0.418 e. The Hall–Kier alpha value is -15.1. The van der Waals surface area contributed by atoms with E-state index in [1.54, 1.807) is 79.0 Å². The topological polar surface area (TPSA) is 351 Å². The Kier molecular flexibility index (Phi) is 28.9. The molecule has 2 atom stereocenters. The van der Waals surface area contributed by atoms with Crippen LogP contribution in [0.3, 0.4) is 0 Å². The first-order valence-corrected chi connectivity index (χ1v) is 51.1. The molecule has 37 heteroatoms. The maximum atomic E-state index is 14.9. The summed E-state index contributed by atoms with van der Waals surface area (Å²) in [5.41, 5.74) is 10.1. The molecular weight excluding hydrogens is 1900 g/mol. The fraction of sp³-hybridized carbons (Fsp3) is 0.351. The van der Waals surface area contributed by atoms with Crippen LogP contribution in [0.5, 0.6) is 0 Å². The smallest absolute Gasteiger partial charge is 0.371 e. The zero-order valence-electron chi connectivity index (χ0n) is 82.3. The molecule has 0 spiro atoms. The number of hydrogen-bond acceptors (Lipinski definition) is 26. The van der Waals surface area contributed by atoms with Crippen molar-refractivity contribution < 1.29 is 35.5 Å². The number of aromatic nitrogens is 16. The molecule has 0 amide bonds. The summed E-state index contributed by atoms with van der Waals surface area (Å²) in [6.45, 7) is 18.3. The molecule has 16 aromatic rings. The van der Waals surface area contributed by atoms with Gasteiger partial charge >= 0.3 is 6.18 Å². The van der Waals surface area contributed by atoms with Gasteiger partial charge in [-0.3, -0.25) is 57.4 Å². The molecule has 12 aromatic heterocycles. The van der Waals surface area contributed by atoms with Crippen LogP contribution in [0.4, 0.5) is 83.0 Å². The summed E-state index contributed by atoms with van der Waals surface area (Å²) in [5.74, 6) is 1.87. The molecule has 4 aliphatic heterocycles. The van der Waals surface area contributed by atoms with E-state index in [-0.39, 0.29) is 92.0 Å². The van der Waals surface area contributed by atoms with Crippen molar-refractivity contribution in [3.63, 3.8) is 0 Å². The van der Waals surface area contributed by atoms with E-state index in [4.69, 9.17) is 4.74 Å². The van der Waals surface area contributed by atoms with E-state index in [1.807, 2.05) is 74.2 Å². The quantitative estimate of drug-likeness (QED) is 0.0261. The van der Waals surface area contributed by atoms with Crippen LogP contribution >= 0.6 is 0 Å². The van der Waals surface area contributed by atoms with Crippen molar-refractivity contribution in [3.8, 4) is 45.0 Å². The maximum Gasteiger partial charge on any atom is 0.418 e. The third-order valence-electron chi connectivity index (χ3n) is 28.6. The molecule has 148 heavy (non-hydrogen) atoms. The van der Waals surface area contributed by atoms with Gasteiger partial charge in [0.2, 0.25) is 23.8 Å². The zero-order chi connectivity index (χ0) is 102. The summed E-state index contributed by atoms with van der Waals surface area (Å²) in [6, 6.07) is 41.3. The number of ether oxygens (including phenoxy) is 1. The number of alkyl halides is 3. The van der Waals surface area contributed by atoms with Gasteiger partial charge in [0, 0.05) is 166 Å². The number of anilines is 9. The van der Waals surface area contributed by atoms with E-state index in [9.17, 15) is 49.9 Å². The second-order valence-electron chi connectivity index (χ2n) is 38.8. The fourth-order valence-electron chi connectivity index (χ4n) is 19.9. The highest BCUT2D eigenvalue weighted by Crippen LogP contribution is 2.47. The summed E-state index contributed by atoms with van der Waals surface area (Å²) >= 11 is 0. The van der Waals surface area contributed by atoms with Gasteiger partial charge in [-0.25, -0.2) is 37.5 Å². The third-order valence-corrected chi connectivity index (χ3v) is 28.6. The molecule has 8 aliphatic rings. The summed E-state index contributed by atoms with van der Waals surface area (Å²) in [7, 11) is 0. The van der Waals surface area contributed by atoms with Gasteiger partial charge in [0.1, 0.15) is 62.9 Å². The number of nitrogens with zero attached hydrogens (tertiary/aromatic N) is 17. The number of fused-ring (bicyclic) bond motifs is 4. The van der Waals surface area contributed by atoms with Crippen LogP contribution in [-0.2, 0) is 37.1 Å². The van der Waals surface area contributed by atoms with Gasteiger partial charge in [0.25, 0.3) is 22.2 Å². The Morgan fingerprint density at radius 1 is 0.331 bits per heavy atom. The van der Waals surface area contributed by atoms with Gasteiger partial charge in [-0.05, 0) is 302 Å². The minimum absolute atomic E-state index is 0.0285. The number of hydrogen-bond donors (Lipinski definition) is 8. The molecule has 0 radical (unpaired) electrons. The summed E-state index contributed by atoms with van der Waals surface area (Å²) in [4.78, 5) is 108. The number of benzene rings is 4. The lowest BCUT2D eigenvalue weighted by atomic mass is 9.90. The average Bonchev–Trinajstić information content (AvgIpc) is 1.77. The van der Waals surface area contributed by atoms with Crippen molar-refractivity contribution in [1.29, 1.82) is 0 Å². The predicted molar refractivity (Wildman–Crippen MR) is 559 cm³/mol. The highest BCUT2D eigenvalue weighted by molar-refractivity contribution is 5.86. The molecule has 24 rings (SSSR count). The number of aryl methyl sites for hydroxylation is 4. The molecule has 2 unspecified atom stereocenters. The Labute approximate surface area is 846 Å². The molecule has 4 saturated carbocycles. The second-order valence-corrected chi connectivity index (χ2v) is 38.8. The van der Waals surface area contributed by atoms with E-state index in [2.05, 4.69) is 127 Å². The Bertz CT molecular complexity index is 7690. The first-order valence-electron chi connectivity index (χ1n) is 51.1. The molecule has 0 bridgehead atoms. The van der Waals surface area contributed by atoms with Crippen molar-refractivity contribution in [2.24, 2.45) is 0 Å². The molecule has 8 N–H and O–H groups in total. The summed E-state index contributed by atoms with van der Waals surface area (Å²) in [5, 5.41) is 28.4. The monoisotopic (exact) mass is 2010 g/mol. The van der Waals surface area contributed by atoms with Crippen molar-refractivity contribution in [1.82, 2.24) is 99.3 Å². The molecule has 16 heterocycles. The highest BCUT2D eigenvalue weighted by Gasteiger charge is 2.39. The lowest BCUT2D eigenvalue weighted by Crippen LogP contribution is -2.43. The molecular formula is C111H112F7N25O5. The van der Waals surface area contributed by atoms with Crippen molar-refractivity contribution in [2.75, 3.05) is 98.2 Å². The molecule has 4 saturated heterocycles. The van der Waals surface area contributed by atoms with E-state index < -0.39 is 34.8 Å². The second kappa shape index (κ2) is 43.2. The van der Waals surface area contributed by atoms with Crippen LogP contribution in [0.15, 0.2) is 208 Å². The average molecular weight is 2010 g/mol. The van der Waals surface area contributed by atoms with Crippen LogP contribution in [0.1, 0.15) is 191 Å². The standard InChI is InChI=1S/C29H29F3N6O.C28H29FN6O.C27H27F2N7O.C27H27FN6O2/c1-2-38-26-21(12-23(27(38)39)25-24(29(30,31)32)13-20(15-34-25)18-5-6-18)16-35-28(37-26)36-22-9-7-17(8-10-22)19-4-3-11-33-14-19;1-2-35-26-21(13-23(27(35)36)25-24(29)14-20(15-31-25)18-3-4-18)16-32-28(34-26)33-22-7-5-17(6-8-22)19-9-11-30-12-10-19;1-2-36-25-18(11-20(26(36)37)24-22(29)12-17(14-31-24)16-3-4-16)15-32-27(34-25)33-19-5-6-23(21(28)13-19)35-9-7-30-8-10-35;1-2-34-25-19(11-21(26(34)35)24-22(28)12-18(13-30-24)16-3-4-16)14-31-27(33-25)32-20-7-5-17(6-8-20)23-15-29-9-10-36-23/h7-10,12-13,15-16,18-19,33H,2-6,11,14H2,1H3,(H,35,36,37);5-8,13-16,18-19,30H,2-4,9-12H2,1H3,(H,32,33,34);5-6,11-16,30H,2-4,7-10H2,1H3,(H,32,33,34);5-8,11-14,16,23,29H,2-4,9-10,15H2,1H3,(H,31,32,33).